The van der Waals surface area contributed by atoms with Gasteiger partial charge in [-0.15, -0.1) is 5.10 Å². The van der Waals surface area contributed by atoms with Crippen LogP contribution in [0, 0.1) is 0 Å². The van der Waals surface area contributed by atoms with Gasteiger partial charge in [0.2, 0.25) is 0 Å². The summed E-state index contributed by atoms with van der Waals surface area (Å²) in [7, 11) is 2.99. The number of alkyl halides is 3. The Bertz CT molecular complexity index is 1460. The normalized spacial score (nSPS) is 19.7. The van der Waals surface area contributed by atoms with Crippen molar-refractivity contribution in [1.29, 1.82) is 0 Å². The molecule has 0 radical (unpaired) electrons. The van der Waals surface area contributed by atoms with Gasteiger partial charge in [0.05, 0.1) is 19.8 Å². The zero-order chi connectivity index (χ0) is 29.3. The lowest BCUT2D eigenvalue weighted by molar-refractivity contribution is -0.146. The molecular formula is C31H33F3N6O2. The molecule has 2 atom stereocenters. The number of tetrazole rings is 1. The van der Waals surface area contributed by atoms with Crippen molar-refractivity contribution in [2.24, 2.45) is 0 Å². The van der Waals surface area contributed by atoms with Gasteiger partial charge in [0.15, 0.2) is 5.75 Å². The predicted octanol–water partition coefficient (Wildman–Crippen LogP) is 5.18. The van der Waals surface area contributed by atoms with Crippen LogP contribution in [0.15, 0.2) is 72.8 Å². The second kappa shape index (κ2) is 11.7. The summed E-state index contributed by atoms with van der Waals surface area (Å²) in [5.41, 5.74) is 3.28. The fourth-order valence-corrected chi connectivity index (χ4v) is 6.70. The first-order valence-electron chi connectivity index (χ1n) is 14.1. The van der Waals surface area contributed by atoms with Crippen LogP contribution in [-0.4, -0.2) is 75.9 Å². The molecule has 0 aliphatic carbocycles. The summed E-state index contributed by atoms with van der Waals surface area (Å²) in [6, 6.07) is 24.9. The van der Waals surface area contributed by atoms with Crippen molar-refractivity contribution in [2.45, 2.75) is 43.6 Å². The Kier molecular flexibility index (Phi) is 7.87. The van der Waals surface area contributed by atoms with E-state index in [1.54, 1.807) is 13.2 Å². The third kappa shape index (κ3) is 5.34. The van der Waals surface area contributed by atoms with Crippen molar-refractivity contribution >= 4 is 0 Å². The van der Waals surface area contributed by atoms with E-state index in [-0.39, 0.29) is 23.4 Å². The summed E-state index contributed by atoms with van der Waals surface area (Å²) in [5, 5.41) is 10.2. The van der Waals surface area contributed by atoms with E-state index in [0.717, 1.165) is 32.5 Å². The molecule has 42 heavy (non-hydrogen) atoms. The summed E-state index contributed by atoms with van der Waals surface area (Å²) >= 11 is 0. The van der Waals surface area contributed by atoms with Crippen molar-refractivity contribution in [3.8, 4) is 17.2 Å². The van der Waals surface area contributed by atoms with Gasteiger partial charge in [0.1, 0.15) is 11.4 Å². The molecule has 0 unspecified atom stereocenters. The largest absolute Gasteiger partial charge is 0.496 e. The first-order chi connectivity index (χ1) is 20.4. The van der Waals surface area contributed by atoms with E-state index < -0.39 is 12.0 Å². The topological polar surface area (TPSA) is 68.5 Å². The van der Waals surface area contributed by atoms with E-state index in [1.165, 1.54) is 24.3 Å². The average molecular weight is 579 g/mol. The van der Waals surface area contributed by atoms with Crippen molar-refractivity contribution in [1.82, 2.24) is 30.0 Å². The maximum absolute atomic E-state index is 13.7. The zero-order valence-electron chi connectivity index (χ0n) is 23.5. The standard InChI is InChI=1S/C31H33F3N6O2/c1-41-27-16-15-25(40-30(31(32,33)34)35-36-37-40)29(42-2)24(27)19-38-18-23-14-9-17-39(23)26(20-38)28(21-10-5-3-6-11-21)22-12-7-4-8-13-22/h3-8,10-13,15-16,23,26,28H,9,14,17-20H2,1-2H3/t23-,26-/m0/s1. The quantitative estimate of drug-likeness (QED) is 0.286. The summed E-state index contributed by atoms with van der Waals surface area (Å²) < 4.78 is 53.2. The first kappa shape index (κ1) is 28.2. The van der Waals surface area contributed by atoms with Crippen LogP contribution in [0.3, 0.4) is 0 Å². The molecule has 0 bridgehead atoms. The Morgan fingerprint density at radius 1 is 0.905 bits per heavy atom. The molecule has 2 saturated heterocycles. The summed E-state index contributed by atoms with van der Waals surface area (Å²) in [6.07, 6.45) is -2.51. The van der Waals surface area contributed by atoms with Crippen LogP contribution in [0.4, 0.5) is 13.2 Å². The summed E-state index contributed by atoms with van der Waals surface area (Å²) in [4.78, 5) is 5.03. The maximum atomic E-state index is 13.7. The minimum atomic E-state index is -4.73. The lowest BCUT2D eigenvalue weighted by Crippen LogP contribution is -2.57. The number of nitrogens with zero attached hydrogens (tertiary/aromatic N) is 6. The first-order valence-corrected chi connectivity index (χ1v) is 14.1. The Morgan fingerprint density at radius 3 is 2.21 bits per heavy atom. The van der Waals surface area contributed by atoms with E-state index >= 15 is 0 Å². The molecule has 0 spiro atoms. The monoisotopic (exact) mass is 578 g/mol. The fraction of sp³-hybridized carbons (Fsp3) is 0.387. The SMILES string of the molecule is COc1ccc(-n2nnnc2C(F)(F)F)c(OC)c1CN1C[C@@H]2CCCN2[C@H](C(c2ccccc2)c2ccccc2)C1. The highest BCUT2D eigenvalue weighted by atomic mass is 19.4. The number of aromatic nitrogens is 4. The number of hydrogen-bond donors (Lipinski definition) is 0. The minimum absolute atomic E-state index is 0.105. The molecule has 11 heteroatoms. The number of ether oxygens (including phenoxy) is 2. The van der Waals surface area contributed by atoms with Crippen LogP contribution < -0.4 is 9.47 Å². The molecule has 0 N–H and O–H groups in total. The zero-order valence-corrected chi connectivity index (χ0v) is 23.5. The van der Waals surface area contributed by atoms with Crippen molar-refractivity contribution < 1.29 is 22.6 Å². The molecule has 4 aromatic rings. The molecule has 8 nitrogen and oxygen atoms in total. The highest BCUT2D eigenvalue weighted by molar-refractivity contribution is 5.58. The summed E-state index contributed by atoms with van der Waals surface area (Å²) in [5.74, 6) is -0.280. The molecule has 2 fully saturated rings. The second-order valence-electron chi connectivity index (χ2n) is 10.8. The third-order valence-corrected chi connectivity index (χ3v) is 8.42. The number of hydrogen-bond acceptors (Lipinski definition) is 7. The van der Waals surface area contributed by atoms with E-state index in [1.807, 2.05) is 12.1 Å². The van der Waals surface area contributed by atoms with Crippen LogP contribution >= 0.6 is 0 Å². The Balaban J connectivity index is 1.39. The third-order valence-electron chi connectivity index (χ3n) is 8.42. The fourth-order valence-electron chi connectivity index (χ4n) is 6.70. The molecule has 3 aromatic carbocycles. The van der Waals surface area contributed by atoms with Gasteiger partial charge in [-0.25, -0.2) is 0 Å². The predicted molar refractivity (Wildman–Crippen MR) is 151 cm³/mol. The van der Waals surface area contributed by atoms with E-state index in [9.17, 15) is 13.2 Å². The lowest BCUT2D eigenvalue weighted by Gasteiger charge is -2.47. The number of piperazine rings is 1. The lowest BCUT2D eigenvalue weighted by atomic mass is 9.82. The second-order valence-corrected chi connectivity index (χ2v) is 10.8. The Morgan fingerprint density at radius 2 is 1.60 bits per heavy atom. The molecule has 2 aliphatic rings. The molecule has 0 amide bonds. The van der Waals surface area contributed by atoms with E-state index in [0.29, 0.717) is 28.6 Å². The molecule has 220 valence electrons. The minimum Gasteiger partial charge on any atom is -0.496 e. The van der Waals surface area contributed by atoms with Gasteiger partial charge >= 0.3 is 6.18 Å². The van der Waals surface area contributed by atoms with Crippen LogP contribution in [0.25, 0.3) is 5.69 Å². The van der Waals surface area contributed by atoms with Crippen molar-refractivity contribution in [2.75, 3.05) is 33.9 Å². The Labute approximate surface area is 242 Å². The van der Waals surface area contributed by atoms with Crippen molar-refractivity contribution in [3.05, 3.63) is 95.3 Å². The van der Waals surface area contributed by atoms with Crippen LogP contribution in [0.1, 0.15) is 41.3 Å². The maximum Gasteiger partial charge on any atom is 0.453 e. The molecule has 1 aromatic heterocycles. The average Bonchev–Trinajstić information content (AvgIpc) is 3.69. The number of rotatable bonds is 8. The van der Waals surface area contributed by atoms with Gasteiger partial charge in [-0.05, 0) is 53.1 Å². The molecule has 2 aliphatic heterocycles. The van der Waals surface area contributed by atoms with Gasteiger partial charge in [-0.2, -0.15) is 17.9 Å². The number of benzene rings is 3. The van der Waals surface area contributed by atoms with E-state index in [4.69, 9.17) is 9.47 Å². The Hall–Kier alpha value is -3.96. The van der Waals surface area contributed by atoms with Gasteiger partial charge in [-0.1, -0.05) is 60.7 Å². The van der Waals surface area contributed by atoms with Gasteiger partial charge in [0.25, 0.3) is 5.82 Å². The smallest absolute Gasteiger partial charge is 0.453 e. The molecular weight excluding hydrogens is 545 g/mol. The molecule has 6 rings (SSSR count). The van der Waals surface area contributed by atoms with Crippen LogP contribution in [-0.2, 0) is 12.7 Å². The molecule has 0 saturated carbocycles. The summed E-state index contributed by atoms with van der Waals surface area (Å²) in [6.45, 7) is 3.07. The number of fused-ring (bicyclic) bond motifs is 1. The van der Waals surface area contributed by atoms with Gasteiger partial charge in [0, 0.05) is 37.6 Å². The van der Waals surface area contributed by atoms with Crippen molar-refractivity contribution in [3.63, 3.8) is 0 Å². The van der Waals surface area contributed by atoms with Crippen LogP contribution in [0.5, 0.6) is 11.5 Å². The van der Waals surface area contributed by atoms with Crippen LogP contribution in [0.2, 0.25) is 0 Å². The number of halogens is 3. The molecule has 3 heterocycles. The van der Waals surface area contributed by atoms with E-state index in [2.05, 4.69) is 73.9 Å². The highest BCUT2D eigenvalue weighted by Crippen LogP contribution is 2.41. The highest BCUT2D eigenvalue weighted by Gasteiger charge is 2.43. The van der Waals surface area contributed by atoms with Gasteiger partial charge in [-0.3, -0.25) is 9.80 Å². The van der Waals surface area contributed by atoms with Gasteiger partial charge < -0.3 is 9.47 Å². The number of methoxy groups -OCH3 is 2.